The first-order chi connectivity index (χ1) is 18.6. The van der Waals surface area contributed by atoms with Gasteiger partial charge in [-0.1, -0.05) is 6.07 Å². The van der Waals surface area contributed by atoms with Crippen LogP contribution in [0.25, 0.3) is 11.1 Å². The van der Waals surface area contributed by atoms with Crippen molar-refractivity contribution < 1.29 is 27.4 Å². The Kier molecular flexibility index (Phi) is 6.30. The zero-order valence-corrected chi connectivity index (χ0v) is 22.5. The zero-order valence-electron chi connectivity index (χ0n) is 21.7. The summed E-state index contributed by atoms with van der Waals surface area (Å²) >= 11 is 0. The number of sulfonamides is 1. The van der Waals surface area contributed by atoms with Crippen molar-refractivity contribution in [3.05, 3.63) is 70.8 Å². The quantitative estimate of drug-likeness (QED) is 0.476. The van der Waals surface area contributed by atoms with Crippen LogP contribution in [-0.4, -0.2) is 66.2 Å². The maximum atomic E-state index is 14.7. The molecule has 3 heterocycles. The molecule has 9 nitrogen and oxygen atoms in total. The van der Waals surface area contributed by atoms with Crippen molar-refractivity contribution in [2.24, 2.45) is 11.8 Å². The Bertz CT molecular complexity index is 1570. The molecule has 1 N–H and O–H groups in total. The number of nitrogens with zero attached hydrogens (tertiary/aromatic N) is 4. The lowest BCUT2D eigenvalue weighted by Crippen LogP contribution is -2.48. The Morgan fingerprint density at radius 3 is 2.62 bits per heavy atom. The van der Waals surface area contributed by atoms with E-state index in [4.69, 9.17) is 9.72 Å². The number of aryl methyl sites for hydroxylation is 1. The number of halogens is 1. The number of hydrogen-bond acceptors (Lipinski definition) is 7. The van der Waals surface area contributed by atoms with Gasteiger partial charge in [-0.25, -0.2) is 22.8 Å². The molecule has 2 fully saturated rings. The minimum absolute atomic E-state index is 0.00520. The van der Waals surface area contributed by atoms with Crippen LogP contribution in [-0.2, 0) is 27.8 Å². The predicted octanol–water partition coefficient (Wildman–Crippen LogP) is 3.22. The molecule has 1 saturated heterocycles. The molecular formula is C28H29FN4O5S. The lowest BCUT2D eigenvalue weighted by atomic mass is 10.0. The number of ether oxygens (including phenoxy) is 1. The van der Waals surface area contributed by atoms with E-state index in [-0.39, 0.29) is 30.2 Å². The molecule has 3 aliphatic rings. The van der Waals surface area contributed by atoms with Crippen LogP contribution in [0.1, 0.15) is 28.3 Å². The van der Waals surface area contributed by atoms with Gasteiger partial charge in [0.25, 0.3) is 0 Å². The third kappa shape index (κ3) is 4.85. The number of aliphatic carboxylic acids is 1. The van der Waals surface area contributed by atoms with E-state index >= 15 is 0 Å². The fraction of sp³-hybridized carbons (Fsp3) is 0.393. The molecule has 0 radical (unpaired) electrons. The van der Waals surface area contributed by atoms with E-state index in [0.717, 1.165) is 33.8 Å². The Balaban J connectivity index is 1.14. The number of anilines is 1. The van der Waals surface area contributed by atoms with Gasteiger partial charge < -0.3 is 14.7 Å². The van der Waals surface area contributed by atoms with Gasteiger partial charge in [0, 0.05) is 61.2 Å². The highest BCUT2D eigenvalue weighted by atomic mass is 32.2. The first-order valence-corrected chi connectivity index (χ1v) is 14.8. The fourth-order valence-corrected chi connectivity index (χ4v) is 6.79. The lowest BCUT2D eigenvalue weighted by Gasteiger charge is -2.34. The van der Waals surface area contributed by atoms with E-state index in [2.05, 4.69) is 9.88 Å². The molecule has 2 aromatic heterocycles. The number of rotatable bonds is 7. The van der Waals surface area contributed by atoms with Crippen molar-refractivity contribution in [2.75, 3.05) is 37.3 Å². The first-order valence-electron chi connectivity index (χ1n) is 12.9. The maximum Gasteiger partial charge on any atom is 0.307 e. The van der Waals surface area contributed by atoms with Gasteiger partial charge in [-0.3, -0.25) is 4.79 Å². The molecule has 1 saturated carbocycles. The summed E-state index contributed by atoms with van der Waals surface area (Å²) in [7, 11) is -3.20. The molecule has 3 atom stereocenters. The second kappa shape index (κ2) is 9.56. The number of pyridine rings is 2. The number of carbonyl (C=O) groups is 1. The van der Waals surface area contributed by atoms with Gasteiger partial charge >= 0.3 is 5.97 Å². The number of fused-ring (bicyclic) bond motifs is 3. The molecular weight excluding hydrogens is 523 g/mol. The van der Waals surface area contributed by atoms with Gasteiger partial charge in [-0.05, 0) is 60.2 Å². The SMILES string of the molecule is Cc1nc(N2CCN(S(C)(=O)=O)CC2)ccc1-c1ccc(F)c(COc2cc3c(cn2)[C@H]2[C@@H](C3)[C@@H]2C(=O)O)c1. The monoisotopic (exact) mass is 552 g/mol. The summed E-state index contributed by atoms with van der Waals surface area (Å²) in [6, 6.07) is 10.6. The fourth-order valence-electron chi connectivity index (χ4n) is 5.97. The molecule has 0 spiro atoms. The molecule has 1 aliphatic heterocycles. The molecule has 1 aromatic carbocycles. The molecule has 0 amide bonds. The van der Waals surface area contributed by atoms with Gasteiger partial charge in [-0.2, -0.15) is 4.31 Å². The van der Waals surface area contributed by atoms with Crippen molar-refractivity contribution in [2.45, 2.75) is 25.9 Å². The van der Waals surface area contributed by atoms with Gasteiger partial charge in [0.1, 0.15) is 18.2 Å². The summed E-state index contributed by atoms with van der Waals surface area (Å²) in [4.78, 5) is 22.5. The third-order valence-electron chi connectivity index (χ3n) is 8.10. The average molecular weight is 553 g/mol. The van der Waals surface area contributed by atoms with Crippen LogP contribution in [0.2, 0.25) is 0 Å². The number of carboxylic acids is 1. The zero-order chi connectivity index (χ0) is 27.5. The summed E-state index contributed by atoms with van der Waals surface area (Å²) in [6.45, 7) is 3.88. The van der Waals surface area contributed by atoms with E-state index in [1.807, 2.05) is 25.1 Å². The van der Waals surface area contributed by atoms with Crippen LogP contribution >= 0.6 is 0 Å². The van der Waals surface area contributed by atoms with Crippen LogP contribution in [0.5, 0.6) is 5.88 Å². The van der Waals surface area contributed by atoms with Crippen LogP contribution in [0.3, 0.4) is 0 Å². The molecule has 6 rings (SSSR count). The standard InChI is InChI=1S/C28H29FN4O5S/c1-16-20(4-6-24(31-16)32-7-9-33(10-8-32)39(2,36)37)17-3-5-23(29)19(11-17)15-38-25-13-18-12-21-26(22(18)14-30-25)27(21)28(34)35/h3-6,11,13-14,21,26-27H,7-10,12,15H2,1-2H3,(H,34,35)/t21-,26-,27+/m1/s1. The highest BCUT2D eigenvalue weighted by Crippen LogP contribution is 2.61. The van der Waals surface area contributed by atoms with E-state index in [0.29, 0.717) is 44.0 Å². The Labute approximate surface area is 226 Å². The summed E-state index contributed by atoms with van der Waals surface area (Å²) in [5.74, 6) is -0.0669. The lowest BCUT2D eigenvalue weighted by molar-refractivity contribution is -0.139. The second-order valence-electron chi connectivity index (χ2n) is 10.5. The van der Waals surface area contributed by atoms with Gasteiger partial charge in [0.15, 0.2) is 0 Å². The number of carboxylic acid groups (broad SMARTS) is 1. The number of piperazine rings is 1. The van der Waals surface area contributed by atoms with Gasteiger partial charge in [0.2, 0.25) is 15.9 Å². The average Bonchev–Trinajstić information content (AvgIpc) is 3.50. The second-order valence-corrected chi connectivity index (χ2v) is 12.5. The summed E-state index contributed by atoms with van der Waals surface area (Å²) in [6.07, 6.45) is 3.63. The van der Waals surface area contributed by atoms with E-state index in [1.165, 1.54) is 16.6 Å². The van der Waals surface area contributed by atoms with Crippen molar-refractivity contribution >= 4 is 21.8 Å². The van der Waals surface area contributed by atoms with Crippen LogP contribution < -0.4 is 9.64 Å². The molecule has 0 bridgehead atoms. The van der Waals surface area contributed by atoms with Crippen molar-refractivity contribution in [3.63, 3.8) is 0 Å². The highest BCUT2D eigenvalue weighted by molar-refractivity contribution is 7.88. The van der Waals surface area contributed by atoms with Crippen LogP contribution in [0.4, 0.5) is 10.2 Å². The summed E-state index contributed by atoms with van der Waals surface area (Å²) < 4.78 is 45.6. The van der Waals surface area contributed by atoms with Gasteiger partial charge in [-0.15, -0.1) is 0 Å². The summed E-state index contributed by atoms with van der Waals surface area (Å²) in [5, 5.41) is 9.30. The third-order valence-corrected chi connectivity index (χ3v) is 9.41. The normalized spacial score (nSPS) is 22.3. The van der Waals surface area contributed by atoms with E-state index in [9.17, 15) is 22.7 Å². The van der Waals surface area contributed by atoms with Crippen LogP contribution in [0.15, 0.2) is 42.6 Å². The topological polar surface area (TPSA) is 113 Å². The smallest absolute Gasteiger partial charge is 0.307 e. The molecule has 204 valence electrons. The van der Waals surface area contributed by atoms with Crippen molar-refractivity contribution in [1.82, 2.24) is 14.3 Å². The Morgan fingerprint density at radius 1 is 1.15 bits per heavy atom. The number of aromatic nitrogens is 2. The van der Waals surface area contributed by atoms with Gasteiger partial charge in [0.05, 0.1) is 12.2 Å². The largest absolute Gasteiger partial charge is 0.481 e. The molecule has 39 heavy (non-hydrogen) atoms. The number of hydrogen-bond donors (Lipinski definition) is 1. The Hall–Kier alpha value is -3.57. The predicted molar refractivity (Wildman–Crippen MR) is 143 cm³/mol. The minimum atomic E-state index is -3.20. The van der Waals surface area contributed by atoms with Crippen LogP contribution in [0, 0.1) is 24.6 Å². The highest BCUT2D eigenvalue weighted by Gasteiger charge is 2.59. The Morgan fingerprint density at radius 2 is 1.92 bits per heavy atom. The number of benzene rings is 1. The molecule has 11 heteroatoms. The van der Waals surface area contributed by atoms with E-state index in [1.54, 1.807) is 18.3 Å². The molecule has 0 unspecified atom stereocenters. The minimum Gasteiger partial charge on any atom is -0.481 e. The first kappa shape index (κ1) is 25.7. The maximum absolute atomic E-state index is 14.7. The van der Waals surface area contributed by atoms with E-state index < -0.39 is 16.0 Å². The molecule has 3 aromatic rings. The van der Waals surface area contributed by atoms with Crippen molar-refractivity contribution in [1.29, 1.82) is 0 Å². The van der Waals surface area contributed by atoms with Crippen molar-refractivity contribution in [3.8, 4) is 17.0 Å². The summed E-state index contributed by atoms with van der Waals surface area (Å²) in [5.41, 5.74) is 4.91. The molecule has 2 aliphatic carbocycles.